The zero-order valence-corrected chi connectivity index (χ0v) is 36.9. The van der Waals surface area contributed by atoms with Crippen LogP contribution in [0, 0.1) is 41.4 Å². The summed E-state index contributed by atoms with van der Waals surface area (Å²) in [4.78, 5) is 76.2. The highest BCUT2D eigenvalue weighted by Gasteiger charge is 2.43. The average Bonchev–Trinajstić information content (AvgIpc) is 3.83. The number of Topliss-reactive ketones (excluding diaryl/α,β-unsaturated/α-hetero) is 1. The molecule has 1 fully saturated rings. The van der Waals surface area contributed by atoms with E-state index in [9.17, 15) is 24.0 Å². The Labute approximate surface area is 340 Å². The molecule has 11 heteroatoms. The van der Waals surface area contributed by atoms with Gasteiger partial charge in [0.1, 0.15) is 30.0 Å². The van der Waals surface area contributed by atoms with Gasteiger partial charge in [0.2, 0.25) is 17.7 Å². The van der Waals surface area contributed by atoms with Crippen LogP contribution in [0.15, 0.2) is 29.3 Å². The first-order chi connectivity index (χ1) is 26.2. The lowest BCUT2D eigenvalue weighted by molar-refractivity contribution is -0.164. The molecule has 9 atom stereocenters. The number of ketones is 1. The van der Waals surface area contributed by atoms with Crippen LogP contribution in [-0.4, -0.2) is 82.0 Å². The largest absolute Gasteiger partial charge is 0.460 e. The molecule has 10 nitrogen and oxygen atoms in total. The predicted molar refractivity (Wildman–Crippen MR) is 225 cm³/mol. The van der Waals surface area contributed by atoms with Crippen LogP contribution >= 0.6 is 11.8 Å². The lowest BCUT2D eigenvalue weighted by Gasteiger charge is -2.37. The Hall–Kier alpha value is -3.21. The number of aryl methyl sites for hydroxylation is 1. The fourth-order valence-electron chi connectivity index (χ4n) is 8.07. The first-order valence-corrected chi connectivity index (χ1v) is 22.1. The number of cyclic esters (lactones) is 1. The van der Waals surface area contributed by atoms with Gasteiger partial charge in [0, 0.05) is 36.5 Å². The van der Waals surface area contributed by atoms with E-state index in [0.29, 0.717) is 57.4 Å². The zero-order valence-electron chi connectivity index (χ0n) is 36.0. The lowest BCUT2D eigenvalue weighted by atomic mass is 9.74. The Bertz CT molecular complexity index is 1590. The van der Waals surface area contributed by atoms with Gasteiger partial charge in [-0.1, -0.05) is 98.6 Å². The molecule has 3 amide bonds. The van der Waals surface area contributed by atoms with Gasteiger partial charge in [0.25, 0.3) is 0 Å². The second kappa shape index (κ2) is 19.5. The molecule has 312 valence electrons. The van der Waals surface area contributed by atoms with Gasteiger partial charge in [-0.3, -0.25) is 24.2 Å². The lowest BCUT2D eigenvalue weighted by Crippen LogP contribution is -2.57. The minimum Gasteiger partial charge on any atom is -0.460 e. The Morgan fingerprint density at radius 3 is 2.30 bits per heavy atom. The summed E-state index contributed by atoms with van der Waals surface area (Å²) in [7, 11) is 0. The Kier molecular flexibility index (Phi) is 15.8. The molecule has 4 rings (SSSR count). The summed E-state index contributed by atoms with van der Waals surface area (Å²) >= 11 is 1.78. The standard InChI is InChI=1S/C45H70N4O6S/c1-12-29(4)38-41(53)49-21-13-14-36(49)42(54)55-37(44(7,8)9)23-28(3)22-30(5)45(10,11)43-47-34(26-56-43)19-20-35(50)25-33(24-32-17-15-27(2)16-18-32)40(52)46-31(6)39(51)48-38/h15-18,28-31,33-34,36-38H,12-14,19-26H2,1-11H3,(H,46,52)(H,48,51)/t28-,29-,30-,31-,33+,34-,36-,37-,38-/m0/s1. The molecule has 1 saturated heterocycles. The number of fused-ring (bicyclic) bond motifs is 2. The fourth-order valence-corrected chi connectivity index (χ4v) is 9.45. The molecule has 0 saturated carbocycles. The summed E-state index contributed by atoms with van der Waals surface area (Å²) in [6.45, 7) is 23.1. The van der Waals surface area contributed by atoms with Crippen molar-refractivity contribution < 1.29 is 28.7 Å². The summed E-state index contributed by atoms with van der Waals surface area (Å²) in [5.41, 5.74) is 1.55. The van der Waals surface area contributed by atoms with Crippen LogP contribution < -0.4 is 10.6 Å². The third kappa shape index (κ3) is 11.9. The molecule has 0 aromatic heterocycles. The zero-order chi connectivity index (χ0) is 41.5. The number of hydrogen-bond acceptors (Lipinski definition) is 8. The van der Waals surface area contributed by atoms with Crippen LogP contribution in [0.25, 0.3) is 0 Å². The van der Waals surface area contributed by atoms with E-state index in [1.165, 1.54) is 0 Å². The van der Waals surface area contributed by atoms with Crippen LogP contribution in [0.2, 0.25) is 0 Å². The van der Waals surface area contributed by atoms with Crippen molar-refractivity contribution in [2.24, 2.45) is 39.5 Å². The van der Waals surface area contributed by atoms with Crippen molar-refractivity contribution in [1.29, 1.82) is 0 Å². The quantitative estimate of drug-likeness (QED) is 0.302. The number of carbonyl (C=O) groups excluding carboxylic acids is 5. The molecule has 56 heavy (non-hydrogen) atoms. The van der Waals surface area contributed by atoms with Gasteiger partial charge in [-0.05, 0) is 81.1 Å². The molecule has 0 unspecified atom stereocenters. The van der Waals surface area contributed by atoms with Gasteiger partial charge >= 0.3 is 5.97 Å². The Balaban J connectivity index is 1.65. The van der Waals surface area contributed by atoms with Crippen molar-refractivity contribution >= 4 is 46.3 Å². The van der Waals surface area contributed by atoms with Crippen molar-refractivity contribution in [3.05, 3.63) is 35.4 Å². The number of nitrogens with zero attached hydrogens (tertiary/aromatic N) is 2. The summed E-state index contributed by atoms with van der Waals surface area (Å²) in [6, 6.07) is 5.37. The van der Waals surface area contributed by atoms with Crippen molar-refractivity contribution in [3.63, 3.8) is 0 Å². The van der Waals surface area contributed by atoms with E-state index in [-0.39, 0.29) is 58.8 Å². The number of rotatable bonds is 4. The van der Waals surface area contributed by atoms with Crippen LogP contribution in [0.1, 0.15) is 132 Å². The number of hydrogen-bond donors (Lipinski definition) is 2. The fraction of sp³-hybridized carbons (Fsp3) is 0.733. The third-order valence-electron chi connectivity index (χ3n) is 12.6. The maximum Gasteiger partial charge on any atom is 0.329 e. The van der Waals surface area contributed by atoms with Crippen molar-refractivity contribution in [2.45, 2.75) is 164 Å². The van der Waals surface area contributed by atoms with E-state index >= 15 is 0 Å². The smallest absolute Gasteiger partial charge is 0.329 e. The summed E-state index contributed by atoms with van der Waals surface area (Å²) < 4.78 is 6.35. The minimum absolute atomic E-state index is 0.00255. The van der Waals surface area contributed by atoms with Gasteiger partial charge in [-0.25, -0.2) is 4.79 Å². The highest BCUT2D eigenvalue weighted by atomic mass is 32.2. The van der Waals surface area contributed by atoms with Crippen LogP contribution in [0.5, 0.6) is 0 Å². The highest BCUT2D eigenvalue weighted by Crippen LogP contribution is 2.42. The molecule has 2 bridgehead atoms. The van der Waals surface area contributed by atoms with E-state index in [4.69, 9.17) is 9.73 Å². The van der Waals surface area contributed by atoms with Crippen LogP contribution in [0.4, 0.5) is 0 Å². The average molecular weight is 795 g/mol. The van der Waals surface area contributed by atoms with Crippen LogP contribution in [-0.2, 0) is 35.1 Å². The van der Waals surface area contributed by atoms with E-state index in [0.717, 1.165) is 28.3 Å². The van der Waals surface area contributed by atoms with Gasteiger partial charge in [0.05, 0.1) is 11.1 Å². The second-order valence-electron chi connectivity index (χ2n) is 18.8. The summed E-state index contributed by atoms with van der Waals surface area (Å²) in [5, 5.41) is 6.92. The van der Waals surface area contributed by atoms with Gasteiger partial charge in [0.15, 0.2) is 0 Å². The molecular weight excluding hydrogens is 725 g/mol. The predicted octanol–water partition coefficient (Wildman–Crippen LogP) is 7.48. The molecule has 0 aliphatic carbocycles. The highest BCUT2D eigenvalue weighted by molar-refractivity contribution is 8.14. The van der Waals surface area contributed by atoms with Crippen molar-refractivity contribution in [3.8, 4) is 0 Å². The second-order valence-corrected chi connectivity index (χ2v) is 19.9. The third-order valence-corrected chi connectivity index (χ3v) is 14.1. The van der Waals surface area contributed by atoms with E-state index < -0.39 is 35.9 Å². The molecule has 0 radical (unpaired) electrons. The summed E-state index contributed by atoms with van der Waals surface area (Å²) in [5.74, 6) is -1.09. The molecule has 1 aromatic rings. The Morgan fingerprint density at radius 1 is 0.982 bits per heavy atom. The monoisotopic (exact) mass is 795 g/mol. The van der Waals surface area contributed by atoms with E-state index in [1.54, 1.807) is 23.6 Å². The maximum absolute atomic E-state index is 14.3. The number of thioether (sulfide) groups is 1. The number of nitrogens with one attached hydrogen (secondary N) is 2. The normalized spacial score (nSPS) is 31.3. The molecular formula is C45H70N4O6S. The molecule has 3 aliphatic rings. The number of carbonyl (C=O) groups is 5. The number of esters is 1. The van der Waals surface area contributed by atoms with E-state index in [1.807, 2.05) is 45.0 Å². The number of amides is 3. The van der Waals surface area contributed by atoms with Gasteiger partial charge in [-0.15, -0.1) is 11.8 Å². The molecule has 0 spiro atoms. The number of benzene rings is 1. The van der Waals surface area contributed by atoms with Gasteiger partial charge < -0.3 is 20.3 Å². The number of aliphatic imine (C=N–C) groups is 1. The minimum atomic E-state index is -0.963. The topological polar surface area (TPSA) is 134 Å². The van der Waals surface area contributed by atoms with Crippen LogP contribution in [0.3, 0.4) is 0 Å². The first-order valence-electron chi connectivity index (χ1n) is 21.1. The van der Waals surface area contributed by atoms with Gasteiger partial charge in [-0.2, -0.15) is 0 Å². The Morgan fingerprint density at radius 2 is 1.66 bits per heavy atom. The first kappa shape index (κ1) is 45.5. The summed E-state index contributed by atoms with van der Waals surface area (Å²) in [6.07, 6.45) is 4.40. The molecule has 2 N–H and O–H groups in total. The number of ether oxygens (including phenoxy) is 1. The van der Waals surface area contributed by atoms with Crippen molar-refractivity contribution in [1.82, 2.24) is 15.5 Å². The molecule has 1 aromatic carbocycles. The van der Waals surface area contributed by atoms with E-state index in [2.05, 4.69) is 59.1 Å². The maximum atomic E-state index is 14.3. The SMILES string of the molecule is CC[C@H](C)[C@@H]1NC(=O)[C@H](C)NC(=O)[C@H](Cc2ccc(C)cc2)CC(=O)CC[C@H]2CSC(=N2)C(C)(C)[C@@H](C)C[C@H](C)C[C@@H](C(C)(C)C)OC(=O)[C@@H]2CCCN2C1=O. The van der Waals surface area contributed by atoms with Crippen molar-refractivity contribution in [2.75, 3.05) is 12.3 Å². The molecule has 3 aliphatic heterocycles. The molecule has 3 heterocycles.